The number of aromatic nitrogens is 2. The Labute approximate surface area is 127 Å². The van der Waals surface area contributed by atoms with Crippen molar-refractivity contribution in [1.29, 1.82) is 0 Å². The van der Waals surface area contributed by atoms with Crippen molar-refractivity contribution in [1.82, 2.24) is 9.78 Å². The van der Waals surface area contributed by atoms with Crippen molar-refractivity contribution >= 4 is 17.4 Å². The number of ether oxygens (including phenoxy) is 1. The van der Waals surface area contributed by atoms with E-state index in [9.17, 15) is 0 Å². The molecule has 0 amide bonds. The second-order valence-electron chi connectivity index (χ2n) is 4.55. The molecule has 0 atom stereocenters. The Balaban J connectivity index is 2.03. The van der Waals surface area contributed by atoms with E-state index in [4.69, 9.17) is 22.1 Å². The van der Waals surface area contributed by atoms with Crippen molar-refractivity contribution in [3.05, 3.63) is 59.6 Å². The quantitative estimate of drug-likeness (QED) is 0.800. The summed E-state index contributed by atoms with van der Waals surface area (Å²) in [5.41, 5.74) is 8.57. The number of benzene rings is 2. The maximum absolute atomic E-state index is 6.19. The van der Waals surface area contributed by atoms with Gasteiger partial charge < -0.3 is 10.5 Å². The van der Waals surface area contributed by atoms with E-state index in [1.54, 1.807) is 11.8 Å². The van der Waals surface area contributed by atoms with Crippen LogP contribution in [0.3, 0.4) is 0 Å². The highest BCUT2D eigenvalue weighted by atomic mass is 35.5. The lowest BCUT2D eigenvalue weighted by Crippen LogP contribution is -2.02. The molecule has 4 nitrogen and oxygen atoms in total. The van der Waals surface area contributed by atoms with Gasteiger partial charge in [0.2, 0.25) is 0 Å². The van der Waals surface area contributed by atoms with Crippen LogP contribution in [0.5, 0.6) is 5.75 Å². The number of nitrogen functional groups attached to an aromatic ring is 1. The average Bonchev–Trinajstić information content (AvgIpc) is 2.90. The topological polar surface area (TPSA) is 53.1 Å². The summed E-state index contributed by atoms with van der Waals surface area (Å²) in [4.78, 5) is 0. The van der Waals surface area contributed by atoms with E-state index in [1.165, 1.54) is 0 Å². The van der Waals surface area contributed by atoms with Gasteiger partial charge in [-0.05, 0) is 36.4 Å². The summed E-state index contributed by atoms with van der Waals surface area (Å²) in [6.45, 7) is 0. The molecule has 0 aliphatic carbocycles. The standard InChI is InChI=1S/C16H14ClN3O/c1-21-12-8-6-11(7-9-12)14-10-16(18)20(19-14)15-5-3-2-4-13(15)17/h2-10H,18H2,1H3. The van der Waals surface area contributed by atoms with Gasteiger partial charge in [0.25, 0.3) is 0 Å². The molecule has 0 saturated heterocycles. The Hall–Kier alpha value is -2.46. The zero-order chi connectivity index (χ0) is 14.8. The monoisotopic (exact) mass is 299 g/mol. The third-order valence-corrected chi connectivity index (χ3v) is 3.52. The summed E-state index contributed by atoms with van der Waals surface area (Å²) < 4.78 is 6.79. The summed E-state index contributed by atoms with van der Waals surface area (Å²) in [5, 5.41) is 5.14. The maximum atomic E-state index is 6.19. The molecule has 0 fully saturated rings. The Bertz CT molecular complexity index is 765. The van der Waals surface area contributed by atoms with E-state index in [0.717, 1.165) is 22.7 Å². The summed E-state index contributed by atoms with van der Waals surface area (Å²) in [6, 6.07) is 16.9. The molecule has 5 heteroatoms. The van der Waals surface area contributed by atoms with Crippen LogP contribution >= 0.6 is 11.6 Å². The minimum atomic E-state index is 0.536. The smallest absolute Gasteiger partial charge is 0.127 e. The predicted octanol–water partition coefficient (Wildman–Crippen LogP) is 3.78. The fourth-order valence-corrected chi connectivity index (χ4v) is 2.33. The normalized spacial score (nSPS) is 10.6. The first-order valence-corrected chi connectivity index (χ1v) is 6.81. The zero-order valence-electron chi connectivity index (χ0n) is 11.5. The van der Waals surface area contributed by atoms with Crippen LogP contribution in [0.1, 0.15) is 0 Å². The van der Waals surface area contributed by atoms with E-state index in [2.05, 4.69) is 5.10 Å². The highest BCUT2D eigenvalue weighted by Crippen LogP contribution is 2.27. The Morgan fingerprint density at radius 1 is 1.10 bits per heavy atom. The number of nitrogens with zero attached hydrogens (tertiary/aromatic N) is 2. The van der Waals surface area contributed by atoms with Crippen molar-refractivity contribution in [3.63, 3.8) is 0 Å². The summed E-state index contributed by atoms with van der Waals surface area (Å²) in [6.07, 6.45) is 0. The van der Waals surface area contributed by atoms with E-state index in [1.807, 2.05) is 54.6 Å². The molecule has 0 unspecified atom stereocenters. The molecule has 3 rings (SSSR count). The number of hydrogen-bond donors (Lipinski definition) is 1. The van der Waals surface area contributed by atoms with Crippen LogP contribution < -0.4 is 10.5 Å². The Morgan fingerprint density at radius 3 is 2.48 bits per heavy atom. The molecule has 2 aromatic carbocycles. The third-order valence-electron chi connectivity index (χ3n) is 3.20. The molecule has 1 aromatic heterocycles. The summed E-state index contributed by atoms with van der Waals surface area (Å²) in [7, 11) is 1.64. The molecule has 0 aliphatic heterocycles. The molecular weight excluding hydrogens is 286 g/mol. The lowest BCUT2D eigenvalue weighted by molar-refractivity contribution is 0.415. The fraction of sp³-hybridized carbons (Fsp3) is 0.0625. The van der Waals surface area contributed by atoms with Crippen LogP contribution in [0.25, 0.3) is 16.9 Å². The largest absolute Gasteiger partial charge is 0.497 e. The molecule has 21 heavy (non-hydrogen) atoms. The van der Waals surface area contributed by atoms with Crippen LogP contribution in [0, 0.1) is 0 Å². The number of para-hydroxylation sites is 1. The second-order valence-corrected chi connectivity index (χ2v) is 4.95. The number of rotatable bonds is 3. The van der Waals surface area contributed by atoms with Crippen molar-refractivity contribution < 1.29 is 4.74 Å². The second kappa shape index (κ2) is 5.50. The summed E-state index contributed by atoms with van der Waals surface area (Å²) >= 11 is 6.19. The number of nitrogens with two attached hydrogens (primary N) is 1. The van der Waals surface area contributed by atoms with Gasteiger partial charge in [-0.3, -0.25) is 0 Å². The van der Waals surface area contributed by atoms with Crippen molar-refractivity contribution in [2.24, 2.45) is 0 Å². The van der Waals surface area contributed by atoms with Crippen LogP contribution in [-0.4, -0.2) is 16.9 Å². The van der Waals surface area contributed by atoms with Gasteiger partial charge in [0, 0.05) is 11.6 Å². The van der Waals surface area contributed by atoms with Gasteiger partial charge in [0.15, 0.2) is 0 Å². The molecule has 0 aliphatic rings. The number of methoxy groups -OCH3 is 1. The van der Waals surface area contributed by atoms with Crippen LogP contribution in [-0.2, 0) is 0 Å². The SMILES string of the molecule is COc1ccc(-c2cc(N)n(-c3ccccc3Cl)n2)cc1. The Kier molecular flexibility index (Phi) is 3.54. The molecule has 0 spiro atoms. The van der Waals surface area contributed by atoms with Crippen LogP contribution in [0.2, 0.25) is 5.02 Å². The molecule has 2 N–H and O–H groups in total. The lowest BCUT2D eigenvalue weighted by Gasteiger charge is -2.05. The highest BCUT2D eigenvalue weighted by molar-refractivity contribution is 6.32. The molecule has 1 heterocycles. The molecule has 0 saturated carbocycles. The summed E-state index contributed by atoms with van der Waals surface area (Å²) in [5.74, 6) is 1.34. The van der Waals surface area contributed by atoms with Crippen molar-refractivity contribution in [3.8, 4) is 22.7 Å². The number of halogens is 1. The number of anilines is 1. The first kappa shape index (κ1) is 13.5. The first-order valence-electron chi connectivity index (χ1n) is 6.44. The zero-order valence-corrected chi connectivity index (χ0v) is 12.2. The van der Waals surface area contributed by atoms with Gasteiger partial charge in [-0.15, -0.1) is 0 Å². The molecule has 0 radical (unpaired) electrons. The minimum Gasteiger partial charge on any atom is -0.497 e. The van der Waals surface area contributed by atoms with E-state index < -0.39 is 0 Å². The molecule has 3 aromatic rings. The molecule has 0 bridgehead atoms. The lowest BCUT2D eigenvalue weighted by atomic mass is 10.1. The molecule has 106 valence electrons. The van der Waals surface area contributed by atoms with Gasteiger partial charge in [0.05, 0.1) is 23.5 Å². The van der Waals surface area contributed by atoms with Crippen molar-refractivity contribution in [2.45, 2.75) is 0 Å². The minimum absolute atomic E-state index is 0.536. The molecular formula is C16H14ClN3O. The van der Waals surface area contributed by atoms with E-state index >= 15 is 0 Å². The third kappa shape index (κ3) is 2.58. The maximum Gasteiger partial charge on any atom is 0.127 e. The van der Waals surface area contributed by atoms with Crippen LogP contribution in [0.15, 0.2) is 54.6 Å². The number of hydrogen-bond acceptors (Lipinski definition) is 3. The average molecular weight is 300 g/mol. The Morgan fingerprint density at radius 2 is 1.81 bits per heavy atom. The van der Waals surface area contributed by atoms with Gasteiger partial charge >= 0.3 is 0 Å². The van der Waals surface area contributed by atoms with Gasteiger partial charge in [-0.25, -0.2) is 4.68 Å². The van der Waals surface area contributed by atoms with Gasteiger partial charge in [-0.1, -0.05) is 23.7 Å². The van der Waals surface area contributed by atoms with Crippen LogP contribution in [0.4, 0.5) is 5.82 Å². The first-order chi connectivity index (χ1) is 10.2. The predicted molar refractivity (Wildman–Crippen MR) is 85.0 cm³/mol. The highest BCUT2D eigenvalue weighted by Gasteiger charge is 2.11. The van der Waals surface area contributed by atoms with E-state index in [0.29, 0.717) is 10.8 Å². The fourth-order valence-electron chi connectivity index (χ4n) is 2.11. The van der Waals surface area contributed by atoms with Gasteiger partial charge in [0.1, 0.15) is 11.6 Å². The van der Waals surface area contributed by atoms with Crippen molar-refractivity contribution in [2.75, 3.05) is 12.8 Å². The van der Waals surface area contributed by atoms with E-state index in [-0.39, 0.29) is 0 Å². The van der Waals surface area contributed by atoms with Gasteiger partial charge in [-0.2, -0.15) is 5.10 Å².